The lowest BCUT2D eigenvalue weighted by Gasteiger charge is -2.09. The molecule has 0 unspecified atom stereocenters. The van der Waals surface area contributed by atoms with Gasteiger partial charge in [-0.3, -0.25) is 4.79 Å². The Morgan fingerprint density at radius 1 is 1.06 bits per heavy atom. The van der Waals surface area contributed by atoms with Crippen molar-refractivity contribution in [3.05, 3.63) is 99.2 Å². The van der Waals surface area contributed by atoms with E-state index in [0.717, 1.165) is 27.7 Å². The molecule has 0 radical (unpaired) electrons. The number of amides is 1. The third kappa shape index (κ3) is 4.49. The van der Waals surface area contributed by atoms with Crippen molar-refractivity contribution in [2.75, 3.05) is 7.11 Å². The third-order valence-corrected chi connectivity index (χ3v) is 6.06. The van der Waals surface area contributed by atoms with Crippen molar-refractivity contribution in [1.29, 1.82) is 0 Å². The maximum absolute atomic E-state index is 12.4. The number of benzene rings is 3. The van der Waals surface area contributed by atoms with Gasteiger partial charge >= 0.3 is 0 Å². The number of hydrogen-bond acceptors (Lipinski definition) is 3. The Labute approximate surface area is 196 Å². The molecule has 4 rings (SSSR count). The van der Waals surface area contributed by atoms with Crippen molar-refractivity contribution in [1.82, 2.24) is 9.99 Å². The summed E-state index contributed by atoms with van der Waals surface area (Å²) in [6.45, 7) is 2.67. The molecule has 3 aromatic carbocycles. The van der Waals surface area contributed by atoms with Gasteiger partial charge in [-0.25, -0.2) is 5.43 Å². The Morgan fingerprint density at radius 2 is 1.81 bits per heavy atom. The van der Waals surface area contributed by atoms with E-state index in [-0.39, 0.29) is 5.91 Å². The third-order valence-electron chi connectivity index (χ3n) is 5.32. The van der Waals surface area contributed by atoms with Gasteiger partial charge in [0.2, 0.25) is 0 Å². The number of carbonyl (C=O) groups is 1. The first kappa shape index (κ1) is 21.9. The first-order chi connectivity index (χ1) is 15.5. The summed E-state index contributed by atoms with van der Waals surface area (Å²) in [7, 11) is 1.58. The fraction of sp³-hybridized carbons (Fsp3) is 0.120. The van der Waals surface area contributed by atoms with Crippen molar-refractivity contribution < 1.29 is 9.53 Å². The Balaban J connectivity index is 1.60. The molecule has 0 aliphatic heterocycles. The number of aromatic nitrogens is 1. The van der Waals surface area contributed by atoms with E-state index >= 15 is 0 Å². The van der Waals surface area contributed by atoms with Gasteiger partial charge < -0.3 is 9.30 Å². The van der Waals surface area contributed by atoms with Gasteiger partial charge in [0.05, 0.1) is 23.4 Å². The van der Waals surface area contributed by atoms with Gasteiger partial charge in [-0.15, -0.1) is 0 Å². The minimum Gasteiger partial charge on any atom is -0.497 e. The van der Waals surface area contributed by atoms with E-state index in [1.54, 1.807) is 43.7 Å². The Hall–Kier alpha value is -3.28. The summed E-state index contributed by atoms with van der Waals surface area (Å²) in [5, 5.41) is 6.32. The van der Waals surface area contributed by atoms with Gasteiger partial charge in [0, 0.05) is 34.3 Å². The van der Waals surface area contributed by atoms with Crippen LogP contribution < -0.4 is 10.2 Å². The average Bonchev–Trinajstić information content (AvgIpc) is 3.07. The van der Waals surface area contributed by atoms with E-state index in [9.17, 15) is 4.79 Å². The molecule has 1 amide bonds. The van der Waals surface area contributed by atoms with Gasteiger partial charge in [-0.05, 0) is 55.0 Å². The molecule has 162 valence electrons. The van der Waals surface area contributed by atoms with Gasteiger partial charge in [-0.1, -0.05) is 47.5 Å². The quantitative estimate of drug-likeness (QED) is 0.277. The van der Waals surface area contributed by atoms with Crippen LogP contribution in [0, 0.1) is 6.92 Å². The summed E-state index contributed by atoms with van der Waals surface area (Å²) in [6.07, 6.45) is 1.68. The molecule has 7 heteroatoms. The fourth-order valence-electron chi connectivity index (χ4n) is 3.61. The van der Waals surface area contributed by atoms with Crippen LogP contribution in [-0.4, -0.2) is 23.8 Å². The number of nitrogens with one attached hydrogen (secondary N) is 1. The molecule has 0 saturated heterocycles. The largest absolute Gasteiger partial charge is 0.497 e. The van der Waals surface area contributed by atoms with Crippen LogP contribution in [0.15, 0.2) is 71.8 Å². The smallest absolute Gasteiger partial charge is 0.271 e. The van der Waals surface area contributed by atoms with Crippen molar-refractivity contribution in [3.8, 4) is 5.75 Å². The van der Waals surface area contributed by atoms with Crippen LogP contribution in [0.2, 0.25) is 10.0 Å². The molecular formula is C25H21Cl2N3O2. The molecule has 4 aromatic rings. The molecular weight excluding hydrogens is 445 g/mol. The van der Waals surface area contributed by atoms with Crippen molar-refractivity contribution in [2.45, 2.75) is 13.5 Å². The minimum atomic E-state index is -0.291. The van der Waals surface area contributed by atoms with Crippen molar-refractivity contribution >= 4 is 46.2 Å². The average molecular weight is 466 g/mol. The number of methoxy groups -OCH3 is 1. The normalized spacial score (nSPS) is 11.2. The molecule has 0 aliphatic carbocycles. The van der Waals surface area contributed by atoms with E-state index in [2.05, 4.69) is 21.2 Å². The summed E-state index contributed by atoms with van der Waals surface area (Å²) >= 11 is 12.3. The second-order valence-electron chi connectivity index (χ2n) is 7.28. The summed E-state index contributed by atoms with van der Waals surface area (Å²) in [5.74, 6) is 0.400. The molecule has 32 heavy (non-hydrogen) atoms. The Bertz CT molecular complexity index is 1310. The number of hydrazone groups is 1. The molecule has 0 fully saturated rings. The molecule has 0 atom stereocenters. The highest BCUT2D eigenvalue weighted by molar-refractivity contribution is 6.42. The zero-order chi connectivity index (χ0) is 22.7. The zero-order valence-electron chi connectivity index (χ0n) is 17.6. The zero-order valence-corrected chi connectivity index (χ0v) is 19.1. The summed E-state index contributed by atoms with van der Waals surface area (Å²) in [5.41, 5.74) is 7.18. The molecule has 0 bridgehead atoms. The van der Waals surface area contributed by atoms with Crippen molar-refractivity contribution in [3.63, 3.8) is 0 Å². The number of hydrogen-bond donors (Lipinski definition) is 1. The minimum absolute atomic E-state index is 0.291. The van der Waals surface area contributed by atoms with Crippen LogP contribution in [0.3, 0.4) is 0 Å². The Kier molecular flexibility index (Phi) is 6.49. The predicted molar refractivity (Wildman–Crippen MR) is 130 cm³/mol. The first-order valence-electron chi connectivity index (χ1n) is 9.97. The number of carbonyl (C=O) groups excluding carboxylic acids is 1. The van der Waals surface area contributed by atoms with Gasteiger partial charge in [0.1, 0.15) is 5.75 Å². The number of fused-ring (bicyclic) bond motifs is 1. The fourth-order valence-corrected chi connectivity index (χ4v) is 3.93. The number of nitrogens with zero attached hydrogens (tertiary/aromatic N) is 2. The van der Waals surface area contributed by atoms with E-state index in [0.29, 0.717) is 27.9 Å². The summed E-state index contributed by atoms with van der Waals surface area (Å²) in [4.78, 5) is 12.4. The summed E-state index contributed by atoms with van der Waals surface area (Å²) in [6, 6.07) is 20.6. The number of halogens is 2. The van der Waals surface area contributed by atoms with Gasteiger partial charge in [0.25, 0.3) is 5.91 Å². The van der Waals surface area contributed by atoms with E-state index in [4.69, 9.17) is 27.9 Å². The lowest BCUT2D eigenvalue weighted by atomic mass is 10.1. The molecule has 5 nitrogen and oxygen atoms in total. The molecule has 1 N–H and O–H groups in total. The molecule has 1 aromatic heterocycles. The Morgan fingerprint density at radius 3 is 2.53 bits per heavy atom. The maximum Gasteiger partial charge on any atom is 0.271 e. The second-order valence-corrected chi connectivity index (χ2v) is 8.09. The number of rotatable bonds is 6. The molecule has 0 aliphatic rings. The lowest BCUT2D eigenvalue weighted by molar-refractivity contribution is 0.0955. The monoisotopic (exact) mass is 465 g/mol. The SMILES string of the molecule is COc1ccc(C(=O)N/N=C\c2c(C)n(Cc3ccc(Cl)c(Cl)c3)c3ccccc23)cc1. The van der Waals surface area contributed by atoms with E-state index < -0.39 is 0 Å². The van der Waals surface area contributed by atoms with Crippen LogP contribution in [0.1, 0.15) is 27.2 Å². The van der Waals surface area contributed by atoms with Crippen LogP contribution in [0.25, 0.3) is 10.9 Å². The number of para-hydroxylation sites is 1. The lowest BCUT2D eigenvalue weighted by Crippen LogP contribution is -2.17. The maximum atomic E-state index is 12.4. The van der Waals surface area contributed by atoms with Crippen LogP contribution in [-0.2, 0) is 6.54 Å². The first-order valence-corrected chi connectivity index (χ1v) is 10.7. The highest BCUT2D eigenvalue weighted by atomic mass is 35.5. The van der Waals surface area contributed by atoms with E-state index in [1.165, 1.54) is 0 Å². The molecule has 1 heterocycles. The van der Waals surface area contributed by atoms with Crippen molar-refractivity contribution in [2.24, 2.45) is 5.10 Å². The van der Waals surface area contributed by atoms with Crippen LogP contribution in [0.4, 0.5) is 0 Å². The standard InChI is InChI=1S/C25H21Cl2N3O2/c1-16-21(14-28-29-25(31)18-8-10-19(32-2)11-9-18)20-5-3-4-6-24(20)30(16)15-17-7-12-22(26)23(27)13-17/h3-14H,15H2,1-2H3,(H,29,31)/b28-14-. The molecule has 0 saturated carbocycles. The predicted octanol–water partition coefficient (Wildman–Crippen LogP) is 6.08. The summed E-state index contributed by atoms with van der Waals surface area (Å²) < 4.78 is 7.32. The topological polar surface area (TPSA) is 55.6 Å². The second kappa shape index (κ2) is 9.47. The van der Waals surface area contributed by atoms with Gasteiger partial charge in [0.15, 0.2) is 0 Å². The molecule has 0 spiro atoms. The van der Waals surface area contributed by atoms with Crippen LogP contribution in [0.5, 0.6) is 5.75 Å². The number of ether oxygens (including phenoxy) is 1. The van der Waals surface area contributed by atoms with Crippen LogP contribution >= 0.6 is 23.2 Å². The van der Waals surface area contributed by atoms with Gasteiger partial charge in [-0.2, -0.15) is 5.10 Å². The highest BCUT2D eigenvalue weighted by Gasteiger charge is 2.13. The highest BCUT2D eigenvalue weighted by Crippen LogP contribution is 2.28. The van der Waals surface area contributed by atoms with E-state index in [1.807, 2.05) is 37.3 Å².